The molecule has 3 rings (SSSR count). The largest absolute Gasteiger partial charge is 0.459 e. The summed E-state index contributed by atoms with van der Waals surface area (Å²) in [5.41, 5.74) is 1.28. The zero-order chi connectivity index (χ0) is 19.2. The highest BCUT2D eigenvalue weighted by Crippen LogP contribution is 2.29. The van der Waals surface area contributed by atoms with Crippen LogP contribution < -0.4 is 11.2 Å². The molecular formula is C18H18Br2N2O4. The number of carbonyl (C=O) groups excluding carboxylic acids is 1. The Morgan fingerprint density at radius 2 is 1.85 bits per heavy atom. The van der Waals surface area contributed by atoms with Crippen LogP contribution >= 0.6 is 31.9 Å². The first-order valence-corrected chi connectivity index (χ1v) is 9.85. The summed E-state index contributed by atoms with van der Waals surface area (Å²) in [6, 6.07) is 3.15. The Balaban J connectivity index is 2.26. The van der Waals surface area contributed by atoms with Crippen molar-refractivity contribution >= 4 is 37.8 Å². The smallest absolute Gasteiger partial charge is 0.339 e. The molecule has 0 unspecified atom stereocenters. The summed E-state index contributed by atoms with van der Waals surface area (Å²) in [6.45, 7) is 3.51. The van der Waals surface area contributed by atoms with Gasteiger partial charge >= 0.3 is 11.7 Å². The number of nitrogens with zero attached hydrogens (tertiary/aromatic N) is 2. The van der Waals surface area contributed by atoms with E-state index < -0.39 is 11.7 Å². The lowest BCUT2D eigenvalue weighted by Crippen LogP contribution is -2.40. The molecule has 0 fully saturated rings. The van der Waals surface area contributed by atoms with E-state index in [1.807, 2.05) is 0 Å². The first-order chi connectivity index (χ1) is 12.2. The third kappa shape index (κ3) is 3.20. The number of fused-ring (bicyclic) bond motifs is 1. The van der Waals surface area contributed by atoms with Crippen LogP contribution in [-0.2, 0) is 24.6 Å². The van der Waals surface area contributed by atoms with Crippen molar-refractivity contribution in [2.75, 3.05) is 0 Å². The molecule has 0 atom stereocenters. The van der Waals surface area contributed by atoms with Crippen LogP contribution in [0.2, 0.25) is 0 Å². The van der Waals surface area contributed by atoms with Gasteiger partial charge in [-0.1, -0.05) is 0 Å². The van der Waals surface area contributed by atoms with E-state index in [-0.39, 0.29) is 17.2 Å². The third-order valence-corrected chi connectivity index (χ3v) is 5.66. The molecule has 8 heteroatoms. The molecule has 138 valence electrons. The van der Waals surface area contributed by atoms with Gasteiger partial charge in [-0.15, -0.1) is 0 Å². The van der Waals surface area contributed by atoms with Gasteiger partial charge in [-0.25, -0.2) is 14.2 Å². The normalized spacial score (nSPS) is 13.2. The number of ether oxygens (including phenoxy) is 1. The average Bonchev–Trinajstić information content (AvgIpc) is 3.04. The van der Waals surface area contributed by atoms with Crippen molar-refractivity contribution in [3.63, 3.8) is 0 Å². The summed E-state index contributed by atoms with van der Waals surface area (Å²) >= 11 is 6.75. The Hall–Kier alpha value is -1.67. The van der Waals surface area contributed by atoms with Gasteiger partial charge in [0.15, 0.2) is 0 Å². The lowest BCUT2D eigenvalue weighted by Gasteiger charge is -2.15. The molecular weight excluding hydrogens is 468 g/mol. The number of hydrogen-bond acceptors (Lipinski definition) is 4. The molecule has 0 aliphatic heterocycles. The molecule has 1 heterocycles. The predicted molar refractivity (Wildman–Crippen MR) is 105 cm³/mol. The molecule has 0 bridgehead atoms. The SMILES string of the molecule is CC(C)OC(=O)c1cc(-n2c(=O)c3c(n(C)c2=O)CCC3)c(Br)cc1Br. The first-order valence-electron chi connectivity index (χ1n) is 8.26. The van der Waals surface area contributed by atoms with Gasteiger partial charge in [-0.2, -0.15) is 0 Å². The summed E-state index contributed by atoms with van der Waals surface area (Å²) in [5, 5.41) is 0. The second-order valence-corrected chi connectivity index (χ2v) is 8.21. The van der Waals surface area contributed by atoms with Crippen LogP contribution in [0.5, 0.6) is 0 Å². The van der Waals surface area contributed by atoms with E-state index in [9.17, 15) is 14.4 Å². The highest BCUT2D eigenvalue weighted by atomic mass is 79.9. The van der Waals surface area contributed by atoms with Gasteiger partial charge in [0.25, 0.3) is 5.56 Å². The Labute approximate surface area is 167 Å². The summed E-state index contributed by atoms with van der Waals surface area (Å²) < 4.78 is 8.94. The van der Waals surface area contributed by atoms with E-state index in [0.29, 0.717) is 26.6 Å². The maximum atomic E-state index is 12.9. The van der Waals surface area contributed by atoms with E-state index in [0.717, 1.165) is 23.1 Å². The van der Waals surface area contributed by atoms with Crippen LogP contribution in [0.3, 0.4) is 0 Å². The van der Waals surface area contributed by atoms with Crippen molar-refractivity contribution in [2.45, 2.75) is 39.2 Å². The number of benzene rings is 1. The topological polar surface area (TPSA) is 70.3 Å². The molecule has 0 spiro atoms. The molecule has 6 nitrogen and oxygen atoms in total. The first kappa shape index (κ1) is 19.1. The van der Waals surface area contributed by atoms with Crippen molar-refractivity contribution in [3.8, 4) is 5.69 Å². The van der Waals surface area contributed by atoms with Gasteiger partial charge in [0.2, 0.25) is 0 Å². The van der Waals surface area contributed by atoms with Crippen LogP contribution in [0, 0.1) is 0 Å². The van der Waals surface area contributed by atoms with Crippen molar-refractivity contribution in [1.29, 1.82) is 0 Å². The van der Waals surface area contributed by atoms with E-state index in [4.69, 9.17) is 4.74 Å². The number of hydrogen-bond donors (Lipinski definition) is 0. The maximum Gasteiger partial charge on any atom is 0.339 e. The second-order valence-electron chi connectivity index (χ2n) is 6.50. The lowest BCUT2D eigenvalue weighted by molar-refractivity contribution is 0.0376. The Bertz CT molecular complexity index is 1020. The maximum absolute atomic E-state index is 12.9. The molecule has 0 amide bonds. The highest BCUT2D eigenvalue weighted by molar-refractivity contribution is 9.11. The van der Waals surface area contributed by atoms with Crippen molar-refractivity contribution in [1.82, 2.24) is 9.13 Å². The van der Waals surface area contributed by atoms with Crippen LogP contribution in [0.1, 0.15) is 41.9 Å². The Morgan fingerprint density at radius 1 is 1.15 bits per heavy atom. The Kier molecular flexibility index (Phi) is 5.25. The van der Waals surface area contributed by atoms with E-state index >= 15 is 0 Å². The summed E-state index contributed by atoms with van der Waals surface area (Å²) in [6.07, 6.45) is 1.95. The zero-order valence-electron chi connectivity index (χ0n) is 14.6. The number of rotatable bonds is 3. The molecule has 1 aromatic heterocycles. The third-order valence-electron chi connectivity index (χ3n) is 4.37. The highest BCUT2D eigenvalue weighted by Gasteiger charge is 2.24. The van der Waals surface area contributed by atoms with Gasteiger partial charge in [0.05, 0.1) is 17.4 Å². The fourth-order valence-electron chi connectivity index (χ4n) is 3.17. The minimum Gasteiger partial charge on any atom is -0.459 e. The van der Waals surface area contributed by atoms with Gasteiger partial charge in [-0.05, 0) is 77.1 Å². The molecule has 2 aromatic rings. The molecule has 26 heavy (non-hydrogen) atoms. The lowest BCUT2D eigenvalue weighted by atomic mass is 10.2. The molecule has 0 saturated heterocycles. The molecule has 1 aliphatic rings. The van der Waals surface area contributed by atoms with E-state index in [1.165, 1.54) is 10.6 Å². The molecule has 1 aromatic carbocycles. The van der Waals surface area contributed by atoms with Crippen molar-refractivity contribution in [3.05, 3.63) is 58.7 Å². The number of halogens is 2. The fraction of sp³-hybridized carbons (Fsp3) is 0.389. The zero-order valence-corrected chi connectivity index (χ0v) is 17.8. The van der Waals surface area contributed by atoms with Crippen molar-refractivity contribution < 1.29 is 9.53 Å². The number of carbonyl (C=O) groups is 1. The van der Waals surface area contributed by atoms with Crippen LogP contribution in [-0.4, -0.2) is 21.2 Å². The van der Waals surface area contributed by atoms with Crippen LogP contribution in [0.15, 0.2) is 30.7 Å². The van der Waals surface area contributed by atoms with Gasteiger partial charge in [0.1, 0.15) is 0 Å². The van der Waals surface area contributed by atoms with Crippen LogP contribution in [0.4, 0.5) is 0 Å². The molecule has 0 N–H and O–H groups in total. The molecule has 1 aliphatic carbocycles. The number of aromatic nitrogens is 2. The average molecular weight is 486 g/mol. The minimum atomic E-state index is -0.522. The predicted octanol–water partition coefficient (Wildman–Crippen LogP) is 3.12. The quantitative estimate of drug-likeness (QED) is 0.626. The standard InChI is InChI=1S/C18H18Br2N2O4/c1-9(2)26-17(24)11-7-15(13(20)8-12(11)19)22-16(23)10-5-4-6-14(10)21(3)18(22)25/h7-9H,4-6H2,1-3H3. The van der Waals surface area contributed by atoms with Crippen molar-refractivity contribution in [2.24, 2.45) is 7.05 Å². The van der Waals surface area contributed by atoms with Gasteiger partial charge in [-0.3, -0.25) is 4.79 Å². The number of esters is 1. The van der Waals surface area contributed by atoms with E-state index in [2.05, 4.69) is 31.9 Å². The fourth-order valence-corrected chi connectivity index (χ4v) is 4.50. The molecule has 0 saturated carbocycles. The summed E-state index contributed by atoms with van der Waals surface area (Å²) in [7, 11) is 1.67. The van der Waals surface area contributed by atoms with E-state index in [1.54, 1.807) is 27.0 Å². The second kappa shape index (κ2) is 7.15. The minimum absolute atomic E-state index is 0.256. The Morgan fingerprint density at radius 3 is 2.50 bits per heavy atom. The van der Waals surface area contributed by atoms with Gasteiger partial charge < -0.3 is 9.30 Å². The summed E-state index contributed by atoms with van der Waals surface area (Å²) in [5.74, 6) is -0.522. The monoisotopic (exact) mass is 484 g/mol. The summed E-state index contributed by atoms with van der Waals surface area (Å²) in [4.78, 5) is 38.1. The van der Waals surface area contributed by atoms with Gasteiger partial charge in [0, 0.05) is 27.3 Å². The van der Waals surface area contributed by atoms with Crippen LogP contribution in [0.25, 0.3) is 5.69 Å². The molecule has 0 radical (unpaired) electrons.